The van der Waals surface area contributed by atoms with E-state index in [1.807, 2.05) is 6.92 Å². The molecular weight excluding hydrogens is 349 g/mol. The predicted octanol–water partition coefficient (Wildman–Crippen LogP) is 4.17. The Morgan fingerprint density at radius 2 is 1.79 bits per heavy atom. The summed E-state index contributed by atoms with van der Waals surface area (Å²) in [6, 6.07) is 7.73. The lowest BCUT2D eigenvalue weighted by Gasteiger charge is -2.08. The highest BCUT2D eigenvalue weighted by Crippen LogP contribution is 2.22. The molecule has 0 radical (unpaired) electrons. The van der Waals surface area contributed by atoms with Crippen molar-refractivity contribution in [2.24, 2.45) is 0 Å². The van der Waals surface area contributed by atoms with Gasteiger partial charge in [-0.3, -0.25) is 14.6 Å². The molecule has 7 heteroatoms. The maximum Gasteiger partial charge on any atom is 0.269 e. The number of unbranched alkanes of at least 4 members (excludes halogenated alkanes) is 1. The molecule has 1 aromatic carbocycles. The van der Waals surface area contributed by atoms with E-state index in [9.17, 15) is 9.59 Å². The van der Waals surface area contributed by atoms with Crippen molar-refractivity contribution < 1.29 is 9.59 Å². The Bertz CT molecular complexity index is 730. The summed E-state index contributed by atoms with van der Waals surface area (Å²) in [6.07, 6.45) is 3.30. The number of nitrogens with zero attached hydrogens (tertiary/aromatic N) is 1. The third-order valence-corrected chi connectivity index (χ3v) is 3.63. The number of amides is 2. The predicted molar refractivity (Wildman–Crippen MR) is 95.9 cm³/mol. The van der Waals surface area contributed by atoms with Crippen LogP contribution in [0.3, 0.4) is 0 Å². The zero-order valence-electron chi connectivity index (χ0n) is 13.1. The van der Waals surface area contributed by atoms with E-state index >= 15 is 0 Å². The first kappa shape index (κ1) is 18.2. The molecule has 2 N–H and O–H groups in total. The van der Waals surface area contributed by atoms with E-state index in [0.29, 0.717) is 27.8 Å². The minimum Gasteiger partial charge on any atom is -0.351 e. The molecule has 0 bridgehead atoms. The molecule has 2 aromatic rings. The van der Waals surface area contributed by atoms with Crippen molar-refractivity contribution in [3.63, 3.8) is 0 Å². The topological polar surface area (TPSA) is 71.1 Å². The minimum absolute atomic E-state index is 0.197. The standard InChI is InChI=1S/C17H17Cl2N3O2/c1-2-3-5-21-17(24)15-7-11(4-6-20-15)16(23)22-14-9-12(18)8-13(19)10-14/h4,6-10H,2-3,5H2,1H3,(H,21,24)(H,22,23). The van der Waals surface area contributed by atoms with Gasteiger partial charge in [0.2, 0.25) is 0 Å². The minimum atomic E-state index is -0.377. The van der Waals surface area contributed by atoms with Gasteiger partial charge in [-0.25, -0.2) is 0 Å². The molecule has 0 saturated carbocycles. The summed E-state index contributed by atoms with van der Waals surface area (Å²) in [5.41, 5.74) is 0.993. The fourth-order valence-electron chi connectivity index (χ4n) is 1.99. The lowest BCUT2D eigenvalue weighted by atomic mass is 10.2. The third-order valence-electron chi connectivity index (χ3n) is 3.19. The van der Waals surface area contributed by atoms with Crippen molar-refractivity contribution in [1.29, 1.82) is 0 Å². The van der Waals surface area contributed by atoms with Gasteiger partial charge in [-0.1, -0.05) is 36.5 Å². The molecule has 0 saturated heterocycles. The molecule has 2 amide bonds. The van der Waals surface area contributed by atoms with Gasteiger partial charge in [-0.05, 0) is 36.8 Å². The third kappa shape index (κ3) is 5.22. The first-order valence-corrected chi connectivity index (χ1v) is 8.27. The molecule has 2 rings (SSSR count). The van der Waals surface area contributed by atoms with Crippen LogP contribution < -0.4 is 10.6 Å². The second-order valence-corrected chi connectivity index (χ2v) is 6.02. The van der Waals surface area contributed by atoms with Crippen molar-refractivity contribution in [2.75, 3.05) is 11.9 Å². The number of halogens is 2. The van der Waals surface area contributed by atoms with E-state index in [1.54, 1.807) is 18.2 Å². The average Bonchev–Trinajstić information content (AvgIpc) is 2.54. The van der Waals surface area contributed by atoms with E-state index in [1.165, 1.54) is 18.3 Å². The Morgan fingerprint density at radius 1 is 1.08 bits per heavy atom. The molecule has 0 aliphatic heterocycles. The van der Waals surface area contributed by atoms with E-state index in [-0.39, 0.29) is 17.5 Å². The zero-order chi connectivity index (χ0) is 17.5. The SMILES string of the molecule is CCCCNC(=O)c1cc(C(=O)Nc2cc(Cl)cc(Cl)c2)ccn1. The van der Waals surface area contributed by atoms with E-state index in [4.69, 9.17) is 23.2 Å². The van der Waals surface area contributed by atoms with Gasteiger partial charge in [0.15, 0.2) is 0 Å². The summed E-state index contributed by atoms with van der Waals surface area (Å²) >= 11 is 11.8. The molecule has 0 fully saturated rings. The van der Waals surface area contributed by atoms with E-state index in [2.05, 4.69) is 15.6 Å². The van der Waals surface area contributed by atoms with Crippen molar-refractivity contribution in [3.8, 4) is 0 Å². The Labute approximate surface area is 150 Å². The Balaban J connectivity index is 2.09. The van der Waals surface area contributed by atoms with Gasteiger partial charge < -0.3 is 10.6 Å². The average molecular weight is 366 g/mol. The summed E-state index contributed by atoms with van der Waals surface area (Å²) in [5, 5.41) is 6.29. The number of anilines is 1. The smallest absolute Gasteiger partial charge is 0.269 e. The van der Waals surface area contributed by atoms with Crippen molar-refractivity contribution >= 4 is 40.7 Å². The lowest BCUT2D eigenvalue weighted by Crippen LogP contribution is -2.25. The molecule has 0 atom stereocenters. The number of pyridine rings is 1. The van der Waals surface area contributed by atoms with Crippen LogP contribution in [-0.2, 0) is 0 Å². The van der Waals surface area contributed by atoms with E-state index in [0.717, 1.165) is 12.8 Å². The fourth-order valence-corrected chi connectivity index (χ4v) is 2.52. The number of nitrogens with one attached hydrogen (secondary N) is 2. The number of hydrogen-bond acceptors (Lipinski definition) is 3. The molecule has 0 aliphatic rings. The summed E-state index contributed by atoms with van der Waals surface area (Å²) in [5.74, 6) is -0.678. The molecule has 1 aromatic heterocycles. The molecule has 0 unspecified atom stereocenters. The van der Waals surface area contributed by atoms with Crippen LogP contribution in [0.25, 0.3) is 0 Å². The molecule has 0 aliphatic carbocycles. The van der Waals surface area contributed by atoms with Crippen LogP contribution in [0.2, 0.25) is 10.0 Å². The number of aromatic nitrogens is 1. The van der Waals surface area contributed by atoms with Gasteiger partial charge in [0, 0.05) is 34.0 Å². The Hall–Kier alpha value is -2.11. The fraction of sp³-hybridized carbons (Fsp3) is 0.235. The monoisotopic (exact) mass is 365 g/mol. The zero-order valence-corrected chi connectivity index (χ0v) is 14.6. The van der Waals surface area contributed by atoms with Gasteiger partial charge in [-0.15, -0.1) is 0 Å². The Morgan fingerprint density at radius 3 is 2.46 bits per heavy atom. The number of hydrogen-bond donors (Lipinski definition) is 2. The number of carbonyl (C=O) groups excluding carboxylic acids is 2. The lowest BCUT2D eigenvalue weighted by molar-refractivity contribution is 0.0948. The second-order valence-electron chi connectivity index (χ2n) is 5.15. The van der Waals surface area contributed by atoms with Gasteiger partial charge in [0.25, 0.3) is 11.8 Å². The number of rotatable bonds is 6. The molecule has 1 heterocycles. The highest BCUT2D eigenvalue weighted by Gasteiger charge is 2.12. The first-order valence-electron chi connectivity index (χ1n) is 7.51. The van der Waals surface area contributed by atoms with E-state index < -0.39 is 0 Å². The first-order chi connectivity index (χ1) is 11.5. The molecule has 5 nitrogen and oxygen atoms in total. The summed E-state index contributed by atoms with van der Waals surface area (Å²) in [4.78, 5) is 28.3. The maximum absolute atomic E-state index is 12.3. The summed E-state index contributed by atoms with van der Waals surface area (Å²) in [6.45, 7) is 2.62. The van der Waals surface area contributed by atoms with Gasteiger partial charge >= 0.3 is 0 Å². The second kappa shape index (κ2) is 8.66. The van der Waals surface area contributed by atoms with Crippen LogP contribution in [0.5, 0.6) is 0 Å². The van der Waals surface area contributed by atoms with Gasteiger partial charge in [0.05, 0.1) is 0 Å². The molecule has 24 heavy (non-hydrogen) atoms. The van der Waals surface area contributed by atoms with Crippen molar-refractivity contribution in [3.05, 3.63) is 57.8 Å². The van der Waals surface area contributed by atoms with Crippen molar-refractivity contribution in [1.82, 2.24) is 10.3 Å². The molecule has 126 valence electrons. The van der Waals surface area contributed by atoms with Crippen LogP contribution in [0.1, 0.15) is 40.6 Å². The van der Waals surface area contributed by atoms with Crippen LogP contribution in [0.4, 0.5) is 5.69 Å². The van der Waals surface area contributed by atoms with Gasteiger partial charge in [-0.2, -0.15) is 0 Å². The summed E-state index contributed by atoms with van der Waals surface area (Å²) < 4.78 is 0. The van der Waals surface area contributed by atoms with Crippen molar-refractivity contribution in [2.45, 2.75) is 19.8 Å². The number of benzene rings is 1. The van der Waals surface area contributed by atoms with Crippen LogP contribution in [0, 0.1) is 0 Å². The van der Waals surface area contributed by atoms with Crippen LogP contribution in [-0.4, -0.2) is 23.3 Å². The highest BCUT2D eigenvalue weighted by atomic mass is 35.5. The van der Waals surface area contributed by atoms with Crippen LogP contribution in [0.15, 0.2) is 36.5 Å². The largest absolute Gasteiger partial charge is 0.351 e. The summed E-state index contributed by atoms with van der Waals surface area (Å²) in [7, 11) is 0. The molecular formula is C17H17Cl2N3O2. The maximum atomic E-state index is 12.3. The quantitative estimate of drug-likeness (QED) is 0.754. The Kier molecular flexibility index (Phi) is 6.58. The molecule has 0 spiro atoms. The number of carbonyl (C=O) groups is 2. The van der Waals surface area contributed by atoms with Crippen LogP contribution >= 0.6 is 23.2 Å². The highest BCUT2D eigenvalue weighted by molar-refractivity contribution is 6.35. The van der Waals surface area contributed by atoms with Gasteiger partial charge in [0.1, 0.15) is 5.69 Å². The normalized spacial score (nSPS) is 10.3.